The summed E-state index contributed by atoms with van der Waals surface area (Å²) in [5.74, 6) is -0.208. The van der Waals surface area contributed by atoms with Gasteiger partial charge >= 0.3 is 0 Å². The van der Waals surface area contributed by atoms with E-state index in [9.17, 15) is 9.50 Å². The van der Waals surface area contributed by atoms with E-state index in [4.69, 9.17) is 0 Å². The SMILES string of the molecule is OC1CCCN(Cc2ccc(F)cc2)c2ccccc21. The van der Waals surface area contributed by atoms with Crippen molar-refractivity contribution in [2.45, 2.75) is 25.5 Å². The first-order valence-electron chi connectivity index (χ1n) is 7.00. The molecule has 0 radical (unpaired) electrons. The summed E-state index contributed by atoms with van der Waals surface area (Å²) in [6.45, 7) is 1.65. The van der Waals surface area contributed by atoms with E-state index < -0.39 is 0 Å². The highest BCUT2D eigenvalue weighted by atomic mass is 19.1. The van der Waals surface area contributed by atoms with E-state index in [0.717, 1.165) is 42.7 Å². The number of anilines is 1. The van der Waals surface area contributed by atoms with Gasteiger partial charge in [-0.3, -0.25) is 0 Å². The predicted octanol–water partition coefficient (Wildman–Crippen LogP) is 3.66. The maximum atomic E-state index is 13.0. The number of aliphatic hydroxyl groups excluding tert-OH is 1. The molecule has 1 atom stereocenters. The first-order valence-corrected chi connectivity index (χ1v) is 7.00. The summed E-state index contributed by atoms with van der Waals surface area (Å²) in [5, 5.41) is 10.2. The second-order valence-corrected chi connectivity index (χ2v) is 5.26. The van der Waals surface area contributed by atoms with Crippen molar-refractivity contribution in [3.8, 4) is 0 Å². The summed E-state index contributed by atoms with van der Waals surface area (Å²) in [7, 11) is 0. The predicted molar refractivity (Wildman–Crippen MR) is 78.1 cm³/mol. The standard InChI is InChI=1S/C17H18FNO/c18-14-9-7-13(8-10-14)12-19-11-3-6-17(20)15-4-1-2-5-16(15)19/h1-2,4-5,7-10,17,20H,3,6,11-12H2. The Bertz CT molecular complexity index is 582. The molecule has 1 aliphatic heterocycles. The molecule has 2 nitrogen and oxygen atoms in total. The van der Waals surface area contributed by atoms with Crippen LogP contribution in [0.3, 0.4) is 0 Å². The van der Waals surface area contributed by atoms with Crippen LogP contribution >= 0.6 is 0 Å². The van der Waals surface area contributed by atoms with Gasteiger partial charge in [0.1, 0.15) is 5.82 Å². The number of nitrogens with zero attached hydrogens (tertiary/aromatic N) is 1. The Morgan fingerprint density at radius 3 is 2.65 bits per heavy atom. The van der Waals surface area contributed by atoms with Crippen molar-refractivity contribution in [3.63, 3.8) is 0 Å². The van der Waals surface area contributed by atoms with E-state index in [0.29, 0.717) is 0 Å². The number of aliphatic hydroxyl groups is 1. The summed E-state index contributed by atoms with van der Waals surface area (Å²) in [4.78, 5) is 2.26. The van der Waals surface area contributed by atoms with Crippen molar-refractivity contribution in [3.05, 3.63) is 65.5 Å². The van der Waals surface area contributed by atoms with Crippen LogP contribution in [0.25, 0.3) is 0 Å². The van der Waals surface area contributed by atoms with Crippen molar-refractivity contribution in [2.75, 3.05) is 11.4 Å². The number of fused-ring (bicyclic) bond motifs is 1. The third kappa shape index (κ3) is 2.68. The molecule has 2 aromatic carbocycles. The maximum Gasteiger partial charge on any atom is 0.123 e. The van der Waals surface area contributed by atoms with Gasteiger partial charge in [0.2, 0.25) is 0 Å². The molecule has 0 bridgehead atoms. The molecule has 0 spiro atoms. The minimum atomic E-state index is -0.385. The monoisotopic (exact) mass is 271 g/mol. The number of halogens is 1. The van der Waals surface area contributed by atoms with Gasteiger partial charge in [-0.05, 0) is 36.6 Å². The molecule has 1 N–H and O–H groups in total. The first-order chi connectivity index (χ1) is 9.74. The summed E-state index contributed by atoms with van der Waals surface area (Å²) in [6.07, 6.45) is 1.36. The van der Waals surface area contributed by atoms with Crippen molar-refractivity contribution in [1.82, 2.24) is 0 Å². The Morgan fingerprint density at radius 2 is 1.85 bits per heavy atom. The summed E-state index contributed by atoms with van der Waals surface area (Å²) in [6, 6.07) is 14.6. The molecule has 20 heavy (non-hydrogen) atoms. The largest absolute Gasteiger partial charge is 0.388 e. The van der Waals surface area contributed by atoms with Crippen LogP contribution in [0.5, 0.6) is 0 Å². The van der Waals surface area contributed by atoms with Gasteiger partial charge in [0.25, 0.3) is 0 Å². The summed E-state index contributed by atoms with van der Waals surface area (Å²) < 4.78 is 13.0. The number of para-hydroxylation sites is 1. The molecule has 1 aliphatic rings. The Morgan fingerprint density at radius 1 is 1.10 bits per heavy atom. The molecule has 2 aromatic rings. The van der Waals surface area contributed by atoms with E-state index in [1.165, 1.54) is 12.1 Å². The average Bonchev–Trinajstić information content (AvgIpc) is 2.62. The minimum absolute atomic E-state index is 0.208. The van der Waals surface area contributed by atoms with Gasteiger partial charge < -0.3 is 10.0 Å². The van der Waals surface area contributed by atoms with Crippen LogP contribution in [0.15, 0.2) is 48.5 Å². The lowest BCUT2D eigenvalue weighted by atomic mass is 10.0. The highest BCUT2D eigenvalue weighted by Crippen LogP contribution is 2.33. The van der Waals surface area contributed by atoms with E-state index in [2.05, 4.69) is 4.90 Å². The molecule has 0 aromatic heterocycles. The first kappa shape index (κ1) is 13.1. The van der Waals surface area contributed by atoms with Crippen molar-refractivity contribution in [2.24, 2.45) is 0 Å². The van der Waals surface area contributed by atoms with Gasteiger partial charge in [0.15, 0.2) is 0 Å². The van der Waals surface area contributed by atoms with Gasteiger partial charge in [-0.25, -0.2) is 4.39 Å². The molecule has 104 valence electrons. The van der Waals surface area contributed by atoms with Crippen LogP contribution in [0.1, 0.15) is 30.1 Å². The molecular weight excluding hydrogens is 253 g/mol. The molecule has 3 rings (SSSR count). The van der Waals surface area contributed by atoms with Gasteiger partial charge in [-0.1, -0.05) is 30.3 Å². The van der Waals surface area contributed by atoms with Gasteiger partial charge in [0, 0.05) is 24.3 Å². The van der Waals surface area contributed by atoms with Crippen molar-refractivity contribution >= 4 is 5.69 Å². The smallest absolute Gasteiger partial charge is 0.123 e. The Balaban J connectivity index is 1.89. The lowest BCUT2D eigenvalue weighted by Gasteiger charge is -2.25. The quantitative estimate of drug-likeness (QED) is 0.901. The van der Waals surface area contributed by atoms with Crippen molar-refractivity contribution < 1.29 is 9.50 Å². The minimum Gasteiger partial charge on any atom is -0.388 e. The Hall–Kier alpha value is -1.87. The molecule has 0 amide bonds. The third-order valence-corrected chi connectivity index (χ3v) is 3.83. The molecule has 1 heterocycles. The maximum absolute atomic E-state index is 13.0. The molecule has 0 saturated heterocycles. The van der Waals surface area contributed by atoms with Crippen LogP contribution in [0.2, 0.25) is 0 Å². The fourth-order valence-electron chi connectivity index (χ4n) is 2.78. The zero-order chi connectivity index (χ0) is 13.9. The fraction of sp³-hybridized carbons (Fsp3) is 0.294. The highest BCUT2D eigenvalue weighted by molar-refractivity contribution is 5.55. The zero-order valence-corrected chi connectivity index (χ0v) is 11.3. The zero-order valence-electron chi connectivity index (χ0n) is 11.3. The summed E-state index contributed by atoms with van der Waals surface area (Å²) >= 11 is 0. The summed E-state index contributed by atoms with van der Waals surface area (Å²) in [5.41, 5.74) is 3.16. The van der Waals surface area contributed by atoms with E-state index >= 15 is 0 Å². The highest BCUT2D eigenvalue weighted by Gasteiger charge is 2.20. The van der Waals surface area contributed by atoms with Crippen LogP contribution < -0.4 is 4.90 Å². The Kier molecular flexibility index (Phi) is 3.70. The third-order valence-electron chi connectivity index (χ3n) is 3.83. The molecular formula is C17H18FNO. The number of hydrogen-bond donors (Lipinski definition) is 1. The second-order valence-electron chi connectivity index (χ2n) is 5.26. The molecule has 0 saturated carbocycles. The molecule has 3 heteroatoms. The molecule has 0 aliphatic carbocycles. The lowest BCUT2D eigenvalue weighted by molar-refractivity contribution is 0.168. The van der Waals surface area contributed by atoms with Crippen LogP contribution in [-0.4, -0.2) is 11.7 Å². The molecule has 1 unspecified atom stereocenters. The Labute approximate surface area is 118 Å². The molecule has 0 fully saturated rings. The lowest BCUT2D eigenvalue weighted by Crippen LogP contribution is -2.23. The van der Waals surface area contributed by atoms with Gasteiger partial charge in [-0.15, -0.1) is 0 Å². The number of rotatable bonds is 2. The number of benzene rings is 2. The van der Waals surface area contributed by atoms with Crippen LogP contribution in [0, 0.1) is 5.82 Å². The van der Waals surface area contributed by atoms with Crippen LogP contribution in [0.4, 0.5) is 10.1 Å². The second kappa shape index (κ2) is 5.63. The number of hydrogen-bond acceptors (Lipinski definition) is 2. The van der Waals surface area contributed by atoms with Gasteiger partial charge in [-0.2, -0.15) is 0 Å². The van der Waals surface area contributed by atoms with E-state index in [-0.39, 0.29) is 11.9 Å². The fourth-order valence-corrected chi connectivity index (χ4v) is 2.78. The van der Waals surface area contributed by atoms with E-state index in [1.54, 1.807) is 0 Å². The normalized spacial score (nSPS) is 18.5. The van der Waals surface area contributed by atoms with Crippen LogP contribution in [-0.2, 0) is 6.54 Å². The van der Waals surface area contributed by atoms with Crippen molar-refractivity contribution in [1.29, 1.82) is 0 Å². The van der Waals surface area contributed by atoms with E-state index in [1.807, 2.05) is 36.4 Å². The average molecular weight is 271 g/mol. The topological polar surface area (TPSA) is 23.5 Å². The van der Waals surface area contributed by atoms with Gasteiger partial charge in [0.05, 0.1) is 6.10 Å².